The van der Waals surface area contributed by atoms with Crippen molar-refractivity contribution in [1.29, 1.82) is 0 Å². The quantitative estimate of drug-likeness (QED) is 0.868. The third-order valence-corrected chi connectivity index (χ3v) is 2.79. The molecule has 4 nitrogen and oxygen atoms in total. The molecule has 0 N–H and O–H groups in total. The molecule has 0 saturated heterocycles. The molecule has 0 amide bonds. The largest absolute Gasteiger partial charge is 0.312 e. The molecular weight excluding hydrogens is 268 g/mol. The van der Waals surface area contributed by atoms with Gasteiger partial charge in [0, 0.05) is 17.2 Å². The van der Waals surface area contributed by atoms with Gasteiger partial charge in [-0.3, -0.25) is 4.98 Å². The van der Waals surface area contributed by atoms with E-state index in [-0.39, 0.29) is 0 Å². The van der Waals surface area contributed by atoms with E-state index in [1.54, 1.807) is 12.5 Å². The van der Waals surface area contributed by atoms with E-state index in [2.05, 4.69) is 45.0 Å². The summed E-state index contributed by atoms with van der Waals surface area (Å²) in [6.45, 7) is 5.22. The van der Waals surface area contributed by atoms with Gasteiger partial charge in [0.05, 0.1) is 0 Å². The van der Waals surface area contributed by atoms with Gasteiger partial charge in [-0.15, -0.1) is 10.2 Å². The van der Waals surface area contributed by atoms with Gasteiger partial charge in [-0.1, -0.05) is 13.8 Å². The molecule has 0 saturated carbocycles. The van der Waals surface area contributed by atoms with Gasteiger partial charge in [-0.2, -0.15) is 0 Å². The summed E-state index contributed by atoms with van der Waals surface area (Å²) >= 11 is 3.47. The van der Waals surface area contributed by atoms with Crippen molar-refractivity contribution in [3.8, 4) is 11.5 Å². The summed E-state index contributed by atoms with van der Waals surface area (Å²) in [7, 11) is 0. The van der Waals surface area contributed by atoms with Gasteiger partial charge in [0.1, 0.15) is 12.0 Å². The smallest absolute Gasteiger partial charge is 0.183 e. The van der Waals surface area contributed by atoms with Crippen LogP contribution in [-0.2, 0) is 6.54 Å². The van der Waals surface area contributed by atoms with Crippen LogP contribution in [0.25, 0.3) is 11.5 Å². The first-order valence-electron chi connectivity index (χ1n) is 5.17. The van der Waals surface area contributed by atoms with Crippen LogP contribution < -0.4 is 0 Å². The molecule has 5 heteroatoms. The Kier molecular flexibility index (Phi) is 3.33. The molecule has 0 unspecified atom stereocenters. The minimum atomic E-state index is 0.553. The Morgan fingerprint density at radius 1 is 1.44 bits per heavy atom. The third kappa shape index (κ3) is 2.29. The van der Waals surface area contributed by atoms with E-state index in [0.717, 1.165) is 22.5 Å². The molecule has 0 aromatic carbocycles. The highest BCUT2D eigenvalue weighted by Crippen LogP contribution is 2.23. The van der Waals surface area contributed by atoms with Crippen molar-refractivity contribution < 1.29 is 0 Å². The molecular formula is C11H13BrN4. The van der Waals surface area contributed by atoms with Crippen molar-refractivity contribution in [2.24, 2.45) is 5.92 Å². The Bertz CT molecular complexity index is 478. The average molecular weight is 281 g/mol. The molecule has 0 atom stereocenters. The first-order valence-corrected chi connectivity index (χ1v) is 5.96. The predicted molar refractivity (Wildman–Crippen MR) is 65.8 cm³/mol. The Morgan fingerprint density at radius 2 is 2.25 bits per heavy atom. The molecule has 2 heterocycles. The standard InChI is InChI=1S/C11H13BrN4/c1-8(2)6-16-7-14-15-11(16)10-9(12)4-3-5-13-10/h3-5,7-8H,6H2,1-2H3. The van der Waals surface area contributed by atoms with E-state index in [1.165, 1.54) is 0 Å². The van der Waals surface area contributed by atoms with Gasteiger partial charge in [0.15, 0.2) is 5.82 Å². The summed E-state index contributed by atoms with van der Waals surface area (Å²) in [5.41, 5.74) is 0.834. The molecule has 0 radical (unpaired) electrons. The summed E-state index contributed by atoms with van der Waals surface area (Å²) in [5, 5.41) is 8.07. The van der Waals surface area contributed by atoms with Crippen LogP contribution in [0, 0.1) is 5.92 Å². The molecule has 2 rings (SSSR count). The number of aromatic nitrogens is 4. The van der Waals surface area contributed by atoms with Gasteiger partial charge in [0.2, 0.25) is 0 Å². The Labute approximate surface area is 103 Å². The minimum absolute atomic E-state index is 0.553. The van der Waals surface area contributed by atoms with Gasteiger partial charge in [0.25, 0.3) is 0 Å². The summed E-state index contributed by atoms with van der Waals surface area (Å²) < 4.78 is 2.96. The lowest BCUT2D eigenvalue weighted by atomic mass is 10.2. The Hall–Kier alpha value is -1.23. The first-order chi connectivity index (χ1) is 7.68. The second-order valence-electron chi connectivity index (χ2n) is 4.03. The second-order valence-corrected chi connectivity index (χ2v) is 4.89. The fourth-order valence-electron chi connectivity index (χ4n) is 1.52. The summed E-state index contributed by atoms with van der Waals surface area (Å²) in [4.78, 5) is 4.32. The van der Waals surface area contributed by atoms with E-state index in [0.29, 0.717) is 5.92 Å². The zero-order valence-corrected chi connectivity index (χ0v) is 10.8. The average Bonchev–Trinajstić information content (AvgIpc) is 2.66. The van der Waals surface area contributed by atoms with Crippen molar-refractivity contribution in [1.82, 2.24) is 19.7 Å². The number of rotatable bonds is 3. The molecule has 0 bridgehead atoms. The number of hydrogen-bond donors (Lipinski definition) is 0. The molecule has 84 valence electrons. The molecule has 0 aliphatic carbocycles. The maximum atomic E-state index is 4.32. The van der Waals surface area contributed by atoms with Crippen LogP contribution in [0.15, 0.2) is 29.1 Å². The lowest BCUT2D eigenvalue weighted by molar-refractivity contribution is 0.525. The lowest BCUT2D eigenvalue weighted by Crippen LogP contribution is -2.06. The Morgan fingerprint density at radius 3 is 2.94 bits per heavy atom. The van der Waals surface area contributed by atoms with Gasteiger partial charge in [-0.05, 0) is 34.0 Å². The number of halogens is 1. The van der Waals surface area contributed by atoms with Crippen LogP contribution in [-0.4, -0.2) is 19.7 Å². The molecule has 2 aromatic rings. The highest BCUT2D eigenvalue weighted by atomic mass is 79.9. The maximum absolute atomic E-state index is 4.32. The number of hydrogen-bond acceptors (Lipinski definition) is 3. The van der Waals surface area contributed by atoms with E-state index in [1.807, 2.05) is 16.7 Å². The van der Waals surface area contributed by atoms with Crippen molar-refractivity contribution in [3.63, 3.8) is 0 Å². The molecule has 0 fully saturated rings. The SMILES string of the molecule is CC(C)Cn1cnnc1-c1ncccc1Br. The van der Waals surface area contributed by atoms with E-state index >= 15 is 0 Å². The molecule has 2 aromatic heterocycles. The summed E-state index contributed by atoms with van der Waals surface area (Å²) in [5.74, 6) is 1.36. The third-order valence-electron chi connectivity index (χ3n) is 2.15. The van der Waals surface area contributed by atoms with Crippen LogP contribution in [0.4, 0.5) is 0 Å². The molecule has 0 aliphatic heterocycles. The van der Waals surface area contributed by atoms with E-state index in [4.69, 9.17) is 0 Å². The zero-order valence-electron chi connectivity index (χ0n) is 9.26. The van der Waals surface area contributed by atoms with Crippen LogP contribution in [0.5, 0.6) is 0 Å². The summed E-state index contributed by atoms with van der Waals surface area (Å²) in [6.07, 6.45) is 3.50. The van der Waals surface area contributed by atoms with Gasteiger partial charge < -0.3 is 4.57 Å². The predicted octanol–water partition coefficient (Wildman–Crippen LogP) is 2.76. The fraction of sp³-hybridized carbons (Fsp3) is 0.364. The maximum Gasteiger partial charge on any atom is 0.183 e. The minimum Gasteiger partial charge on any atom is -0.312 e. The van der Waals surface area contributed by atoms with Crippen LogP contribution >= 0.6 is 15.9 Å². The molecule has 16 heavy (non-hydrogen) atoms. The van der Waals surface area contributed by atoms with E-state index in [9.17, 15) is 0 Å². The number of nitrogens with zero attached hydrogens (tertiary/aromatic N) is 4. The second kappa shape index (κ2) is 4.74. The van der Waals surface area contributed by atoms with Crippen LogP contribution in [0.1, 0.15) is 13.8 Å². The van der Waals surface area contributed by atoms with Crippen molar-refractivity contribution in [2.75, 3.05) is 0 Å². The van der Waals surface area contributed by atoms with Crippen LogP contribution in [0.3, 0.4) is 0 Å². The van der Waals surface area contributed by atoms with E-state index < -0.39 is 0 Å². The number of pyridine rings is 1. The van der Waals surface area contributed by atoms with Crippen LogP contribution in [0.2, 0.25) is 0 Å². The monoisotopic (exact) mass is 280 g/mol. The van der Waals surface area contributed by atoms with Crippen molar-refractivity contribution >= 4 is 15.9 Å². The van der Waals surface area contributed by atoms with Gasteiger partial charge in [-0.25, -0.2) is 0 Å². The van der Waals surface area contributed by atoms with Gasteiger partial charge >= 0.3 is 0 Å². The summed E-state index contributed by atoms with van der Waals surface area (Å²) in [6, 6.07) is 3.84. The van der Waals surface area contributed by atoms with Crippen molar-refractivity contribution in [2.45, 2.75) is 20.4 Å². The fourth-order valence-corrected chi connectivity index (χ4v) is 1.95. The van der Waals surface area contributed by atoms with Crippen molar-refractivity contribution in [3.05, 3.63) is 29.1 Å². The highest BCUT2D eigenvalue weighted by Gasteiger charge is 2.12. The molecule has 0 aliphatic rings. The highest BCUT2D eigenvalue weighted by molar-refractivity contribution is 9.10. The topological polar surface area (TPSA) is 43.6 Å². The normalized spacial score (nSPS) is 11.0. The Balaban J connectivity index is 2.41. The molecule has 0 spiro atoms. The lowest BCUT2D eigenvalue weighted by Gasteiger charge is -2.09. The zero-order chi connectivity index (χ0) is 11.5. The first kappa shape index (κ1) is 11.3.